The molecule has 0 fully saturated rings. The van der Waals surface area contributed by atoms with Crippen molar-refractivity contribution in [2.24, 2.45) is 0 Å². The van der Waals surface area contributed by atoms with Crippen molar-refractivity contribution in [2.75, 3.05) is 0 Å². The van der Waals surface area contributed by atoms with E-state index in [1.807, 2.05) is 19.1 Å². The largest absolute Gasteiger partial charge is 0.486 e. The van der Waals surface area contributed by atoms with E-state index in [4.69, 9.17) is 21.6 Å². The van der Waals surface area contributed by atoms with Gasteiger partial charge in [0.25, 0.3) is 0 Å². The summed E-state index contributed by atoms with van der Waals surface area (Å²) in [6.45, 7) is 6.17. The van der Waals surface area contributed by atoms with Gasteiger partial charge in [0.15, 0.2) is 0 Å². The lowest BCUT2D eigenvalue weighted by Gasteiger charge is -2.19. The summed E-state index contributed by atoms with van der Waals surface area (Å²) in [6, 6.07) is 13.4. The zero-order chi connectivity index (χ0) is 14.7. The molecule has 0 aromatic heterocycles. The summed E-state index contributed by atoms with van der Waals surface area (Å²) in [7, 11) is 0. The SMILES string of the molecule is Cc1cccc(C)c1C(C)Oc1ccc(C#N)c(Cl)c1. The van der Waals surface area contributed by atoms with Crippen LogP contribution in [0.4, 0.5) is 0 Å². The summed E-state index contributed by atoms with van der Waals surface area (Å²) < 4.78 is 5.95. The fraction of sp³-hybridized carbons (Fsp3) is 0.235. The highest BCUT2D eigenvalue weighted by Gasteiger charge is 2.13. The van der Waals surface area contributed by atoms with E-state index < -0.39 is 0 Å². The van der Waals surface area contributed by atoms with Crippen LogP contribution in [0.1, 0.15) is 35.3 Å². The lowest BCUT2D eigenvalue weighted by atomic mass is 9.99. The van der Waals surface area contributed by atoms with Crippen molar-refractivity contribution in [1.29, 1.82) is 5.26 Å². The third-order valence-electron chi connectivity index (χ3n) is 3.32. The van der Waals surface area contributed by atoms with Crippen molar-refractivity contribution < 1.29 is 4.74 Å². The van der Waals surface area contributed by atoms with Crippen molar-refractivity contribution in [3.8, 4) is 11.8 Å². The van der Waals surface area contributed by atoms with Crippen molar-refractivity contribution in [3.05, 3.63) is 63.7 Å². The average molecular weight is 286 g/mol. The van der Waals surface area contributed by atoms with Crippen LogP contribution in [0.15, 0.2) is 36.4 Å². The molecule has 0 aliphatic carbocycles. The van der Waals surface area contributed by atoms with Gasteiger partial charge in [0.05, 0.1) is 10.6 Å². The number of rotatable bonds is 3. The molecule has 0 aliphatic heterocycles. The van der Waals surface area contributed by atoms with Crippen LogP contribution in [0.2, 0.25) is 5.02 Å². The van der Waals surface area contributed by atoms with Crippen LogP contribution in [0.5, 0.6) is 5.75 Å². The smallest absolute Gasteiger partial charge is 0.121 e. The molecule has 1 atom stereocenters. The van der Waals surface area contributed by atoms with Crippen molar-refractivity contribution in [2.45, 2.75) is 26.9 Å². The number of halogens is 1. The Hall–Kier alpha value is -1.98. The van der Waals surface area contributed by atoms with E-state index in [0.29, 0.717) is 16.3 Å². The van der Waals surface area contributed by atoms with E-state index in [0.717, 1.165) is 0 Å². The summed E-state index contributed by atoms with van der Waals surface area (Å²) in [5, 5.41) is 9.28. The first kappa shape index (κ1) is 14.4. The molecule has 2 aromatic carbocycles. The maximum absolute atomic E-state index is 8.87. The van der Waals surface area contributed by atoms with Crippen LogP contribution in [-0.2, 0) is 0 Å². The summed E-state index contributed by atoms with van der Waals surface area (Å²) in [5.74, 6) is 0.671. The predicted octanol–water partition coefficient (Wildman–Crippen LogP) is 4.97. The van der Waals surface area contributed by atoms with Gasteiger partial charge in [-0.3, -0.25) is 0 Å². The monoisotopic (exact) mass is 285 g/mol. The molecule has 0 spiro atoms. The Bertz CT molecular complexity index is 653. The van der Waals surface area contributed by atoms with E-state index in [9.17, 15) is 0 Å². The molecule has 0 amide bonds. The zero-order valence-corrected chi connectivity index (χ0v) is 12.5. The Kier molecular flexibility index (Phi) is 4.32. The highest BCUT2D eigenvalue weighted by Crippen LogP contribution is 2.29. The summed E-state index contributed by atoms with van der Waals surface area (Å²) in [5.41, 5.74) is 4.06. The second-order valence-electron chi connectivity index (χ2n) is 4.82. The second-order valence-corrected chi connectivity index (χ2v) is 5.23. The maximum atomic E-state index is 8.87. The molecule has 0 saturated carbocycles. The number of ether oxygens (including phenoxy) is 1. The molecule has 0 radical (unpaired) electrons. The van der Waals surface area contributed by atoms with Gasteiger partial charge in [-0.25, -0.2) is 0 Å². The molecule has 0 heterocycles. The van der Waals surface area contributed by atoms with Gasteiger partial charge in [-0.05, 0) is 49.6 Å². The van der Waals surface area contributed by atoms with Gasteiger partial charge in [0, 0.05) is 6.07 Å². The molecule has 102 valence electrons. The quantitative estimate of drug-likeness (QED) is 0.798. The van der Waals surface area contributed by atoms with Gasteiger partial charge in [0.2, 0.25) is 0 Å². The molecular weight excluding hydrogens is 270 g/mol. The van der Waals surface area contributed by atoms with E-state index in [-0.39, 0.29) is 6.10 Å². The third kappa shape index (κ3) is 2.95. The minimum atomic E-state index is -0.0693. The minimum absolute atomic E-state index is 0.0693. The molecule has 2 rings (SSSR count). The number of aryl methyl sites for hydroxylation is 2. The predicted molar refractivity (Wildman–Crippen MR) is 81.1 cm³/mol. The average Bonchev–Trinajstić information content (AvgIpc) is 2.38. The van der Waals surface area contributed by atoms with E-state index in [1.165, 1.54) is 16.7 Å². The first-order valence-electron chi connectivity index (χ1n) is 6.45. The van der Waals surface area contributed by atoms with E-state index in [2.05, 4.69) is 26.0 Å². The molecule has 0 N–H and O–H groups in total. The van der Waals surface area contributed by atoms with Crippen LogP contribution in [-0.4, -0.2) is 0 Å². The molecule has 2 nitrogen and oxygen atoms in total. The Morgan fingerprint density at radius 3 is 2.35 bits per heavy atom. The van der Waals surface area contributed by atoms with Gasteiger partial charge >= 0.3 is 0 Å². The molecule has 2 aromatic rings. The molecule has 3 heteroatoms. The van der Waals surface area contributed by atoms with Crippen molar-refractivity contribution in [3.63, 3.8) is 0 Å². The number of hydrogen-bond acceptors (Lipinski definition) is 2. The molecule has 20 heavy (non-hydrogen) atoms. The maximum Gasteiger partial charge on any atom is 0.121 e. The number of nitriles is 1. The Morgan fingerprint density at radius 1 is 1.15 bits per heavy atom. The van der Waals surface area contributed by atoms with Crippen LogP contribution in [0.25, 0.3) is 0 Å². The third-order valence-corrected chi connectivity index (χ3v) is 3.64. The van der Waals surface area contributed by atoms with Gasteiger partial charge in [-0.1, -0.05) is 29.8 Å². The number of hydrogen-bond donors (Lipinski definition) is 0. The van der Waals surface area contributed by atoms with Crippen molar-refractivity contribution in [1.82, 2.24) is 0 Å². The Balaban J connectivity index is 2.26. The van der Waals surface area contributed by atoms with Crippen LogP contribution < -0.4 is 4.74 Å². The lowest BCUT2D eigenvalue weighted by Crippen LogP contribution is -2.07. The lowest BCUT2D eigenvalue weighted by molar-refractivity contribution is 0.225. The highest BCUT2D eigenvalue weighted by molar-refractivity contribution is 6.31. The Labute approximate surface area is 124 Å². The van der Waals surface area contributed by atoms with Gasteiger partial charge in [-0.2, -0.15) is 5.26 Å². The second kappa shape index (κ2) is 5.98. The summed E-state index contributed by atoms with van der Waals surface area (Å²) >= 11 is 6.02. The van der Waals surface area contributed by atoms with Crippen molar-refractivity contribution >= 4 is 11.6 Å². The molecule has 0 bridgehead atoms. The van der Waals surface area contributed by atoms with Crippen LogP contribution in [0, 0.1) is 25.2 Å². The molecule has 0 saturated heterocycles. The van der Waals surface area contributed by atoms with Gasteiger partial charge in [-0.15, -0.1) is 0 Å². The van der Waals surface area contributed by atoms with E-state index in [1.54, 1.807) is 18.2 Å². The summed E-state index contributed by atoms with van der Waals surface area (Å²) in [4.78, 5) is 0. The van der Waals surface area contributed by atoms with Crippen LogP contribution >= 0.6 is 11.6 Å². The van der Waals surface area contributed by atoms with Gasteiger partial charge in [0.1, 0.15) is 17.9 Å². The first-order valence-corrected chi connectivity index (χ1v) is 6.83. The molecule has 0 aliphatic rings. The molecule has 1 unspecified atom stereocenters. The van der Waals surface area contributed by atoms with Gasteiger partial charge < -0.3 is 4.74 Å². The number of nitrogens with zero attached hydrogens (tertiary/aromatic N) is 1. The fourth-order valence-corrected chi connectivity index (χ4v) is 2.60. The topological polar surface area (TPSA) is 33.0 Å². The zero-order valence-electron chi connectivity index (χ0n) is 11.8. The van der Waals surface area contributed by atoms with E-state index >= 15 is 0 Å². The summed E-state index contributed by atoms with van der Waals surface area (Å²) in [6.07, 6.45) is -0.0693. The standard InChI is InChI=1S/C17H16ClNO/c1-11-5-4-6-12(2)17(11)13(3)20-15-8-7-14(10-19)16(18)9-15/h4-9,13H,1-3H3. The molecular formula is C17H16ClNO. The van der Waals surface area contributed by atoms with Crippen LogP contribution in [0.3, 0.4) is 0 Å². The fourth-order valence-electron chi connectivity index (χ4n) is 2.39. The Morgan fingerprint density at radius 2 is 1.80 bits per heavy atom. The normalized spacial score (nSPS) is 11.8. The number of benzene rings is 2. The first-order chi connectivity index (χ1) is 9.52. The highest BCUT2D eigenvalue weighted by atomic mass is 35.5. The minimum Gasteiger partial charge on any atom is -0.486 e.